The van der Waals surface area contributed by atoms with Crippen molar-refractivity contribution in [2.45, 2.75) is 0 Å². The Hall–Kier alpha value is -2.47. The van der Waals surface area contributed by atoms with Crippen LogP contribution in [0.3, 0.4) is 0 Å². The Balaban J connectivity index is 1.88. The van der Waals surface area contributed by atoms with E-state index in [9.17, 15) is 14.0 Å². The normalized spacial score (nSPS) is 10.0. The van der Waals surface area contributed by atoms with Crippen molar-refractivity contribution < 1.29 is 14.0 Å². The molecule has 1 aromatic carbocycles. The monoisotopic (exact) mass is 307 g/mol. The van der Waals surface area contributed by atoms with E-state index in [0.717, 1.165) is 0 Å². The number of carbonyl (C=O) groups excluding carboxylic acids is 2. The molecule has 0 atom stereocenters. The first-order valence-electron chi connectivity index (χ1n) is 6.00. The third kappa shape index (κ3) is 4.54. The van der Waals surface area contributed by atoms with Crippen LogP contribution in [0.25, 0.3) is 0 Å². The zero-order chi connectivity index (χ0) is 15.2. The molecule has 0 fully saturated rings. The van der Waals surface area contributed by atoms with Gasteiger partial charge in [-0.15, -0.1) is 0 Å². The largest absolute Gasteiger partial charge is 0.342 e. The second-order valence-corrected chi connectivity index (χ2v) is 4.54. The van der Waals surface area contributed by atoms with Gasteiger partial charge >= 0.3 is 0 Å². The fraction of sp³-hybridized carbons (Fsp3) is 0.0714. The second kappa shape index (κ2) is 6.81. The number of amides is 2. The number of pyridine rings is 1. The molecule has 0 radical (unpaired) electrons. The Kier molecular flexibility index (Phi) is 4.84. The molecule has 1 heterocycles. The molecular formula is C14H11ClFN3O2. The van der Waals surface area contributed by atoms with Crippen molar-refractivity contribution in [1.82, 2.24) is 10.3 Å². The highest BCUT2D eigenvalue weighted by Gasteiger charge is 2.10. The quantitative estimate of drug-likeness (QED) is 0.910. The summed E-state index contributed by atoms with van der Waals surface area (Å²) in [5, 5.41) is 5.23. The summed E-state index contributed by atoms with van der Waals surface area (Å²) in [6.07, 6.45) is 1.39. The van der Waals surface area contributed by atoms with Crippen molar-refractivity contribution >= 4 is 29.1 Å². The fourth-order valence-electron chi connectivity index (χ4n) is 1.55. The molecule has 0 spiro atoms. The van der Waals surface area contributed by atoms with Crippen LogP contribution in [-0.4, -0.2) is 23.3 Å². The Morgan fingerprint density at radius 3 is 2.76 bits per heavy atom. The molecule has 7 heteroatoms. The number of hydrogen-bond donors (Lipinski definition) is 2. The predicted molar refractivity (Wildman–Crippen MR) is 76.6 cm³/mol. The first kappa shape index (κ1) is 14.9. The lowest BCUT2D eigenvalue weighted by atomic mass is 10.3. The van der Waals surface area contributed by atoms with Gasteiger partial charge in [0, 0.05) is 16.9 Å². The van der Waals surface area contributed by atoms with Crippen molar-refractivity contribution in [2.75, 3.05) is 11.9 Å². The van der Waals surface area contributed by atoms with Gasteiger partial charge in [0.05, 0.1) is 6.54 Å². The van der Waals surface area contributed by atoms with Gasteiger partial charge in [0.2, 0.25) is 5.91 Å². The van der Waals surface area contributed by atoms with E-state index < -0.39 is 17.6 Å². The highest BCUT2D eigenvalue weighted by atomic mass is 35.5. The zero-order valence-electron chi connectivity index (χ0n) is 10.8. The van der Waals surface area contributed by atoms with Crippen molar-refractivity contribution in [3.05, 3.63) is 59.1 Å². The highest BCUT2D eigenvalue weighted by Crippen LogP contribution is 2.09. The van der Waals surface area contributed by atoms with Crippen molar-refractivity contribution in [2.24, 2.45) is 0 Å². The van der Waals surface area contributed by atoms with Gasteiger partial charge in [0.15, 0.2) is 0 Å². The molecule has 0 saturated carbocycles. The van der Waals surface area contributed by atoms with E-state index >= 15 is 0 Å². The summed E-state index contributed by atoms with van der Waals surface area (Å²) >= 11 is 5.74. The molecule has 0 bridgehead atoms. The van der Waals surface area contributed by atoms with Gasteiger partial charge in [0.1, 0.15) is 11.5 Å². The maximum atomic E-state index is 12.9. The first-order valence-corrected chi connectivity index (χ1v) is 6.37. The second-order valence-electron chi connectivity index (χ2n) is 4.10. The van der Waals surface area contributed by atoms with E-state index in [4.69, 9.17) is 11.6 Å². The van der Waals surface area contributed by atoms with Gasteiger partial charge in [-0.2, -0.15) is 0 Å². The van der Waals surface area contributed by atoms with Crippen LogP contribution in [0.5, 0.6) is 0 Å². The van der Waals surface area contributed by atoms with E-state index in [1.54, 1.807) is 6.07 Å². The van der Waals surface area contributed by atoms with Gasteiger partial charge in [0.25, 0.3) is 5.91 Å². The lowest BCUT2D eigenvalue weighted by Gasteiger charge is -2.07. The molecule has 0 aliphatic carbocycles. The number of hydrogen-bond acceptors (Lipinski definition) is 3. The summed E-state index contributed by atoms with van der Waals surface area (Å²) < 4.78 is 12.9. The molecule has 1 aromatic heterocycles. The number of nitrogens with zero attached hydrogens (tertiary/aromatic N) is 1. The molecule has 0 saturated heterocycles. The van der Waals surface area contributed by atoms with Gasteiger partial charge in [-0.3, -0.25) is 14.6 Å². The molecule has 2 aromatic rings. The van der Waals surface area contributed by atoms with Crippen LogP contribution in [0.4, 0.5) is 10.1 Å². The molecule has 5 nitrogen and oxygen atoms in total. The van der Waals surface area contributed by atoms with E-state index in [1.807, 2.05) is 0 Å². The summed E-state index contributed by atoms with van der Waals surface area (Å²) in [4.78, 5) is 27.2. The summed E-state index contributed by atoms with van der Waals surface area (Å²) in [5.41, 5.74) is 0.427. The lowest BCUT2D eigenvalue weighted by Crippen LogP contribution is -2.33. The van der Waals surface area contributed by atoms with Crippen LogP contribution in [0.1, 0.15) is 10.5 Å². The smallest absolute Gasteiger partial charge is 0.270 e. The van der Waals surface area contributed by atoms with E-state index in [0.29, 0.717) is 10.7 Å². The Labute approximate surface area is 125 Å². The molecule has 2 rings (SSSR count). The third-order valence-electron chi connectivity index (χ3n) is 2.47. The first-order chi connectivity index (χ1) is 10.0. The summed E-state index contributed by atoms with van der Waals surface area (Å²) in [5.74, 6) is -1.46. The van der Waals surface area contributed by atoms with Crippen molar-refractivity contribution in [3.63, 3.8) is 0 Å². The summed E-state index contributed by atoms with van der Waals surface area (Å²) in [6.45, 7) is -0.260. The Morgan fingerprint density at radius 1 is 1.24 bits per heavy atom. The Morgan fingerprint density at radius 2 is 2.05 bits per heavy atom. The minimum Gasteiger partial charge on any atom is -0.342 e. The molecule has 2 N–H and O–H groups in total. The minimum atomic E-state index is -0.521. The average molecular weight is 308 g/mol. The van der Waals surface area contributed by atoms with Crippen LogP contribution in [0.15, 0.2) is 42.6 Å². The van der Waals surface area contributed by atoms with Crippen LogP contribution in [-0.2, 0) is 4.79 Å². The maximum Gasteiger partial charge on any atom is 0.270 e. The topological polar surface area (TPSA) is 71.1 Å². The van der Waals surface area contributed by atoms with Gasteiger partial charge in [-0.25, -0.2) is 4.39 Å². The van der Waals surface area contributed by atoms with E-state index in [-0.39, 0.29) is 12.2 Å². The van der Waals surface area contributed by atoms with Gasteiger partial charge < -0.3 is 10.6 Å². The summed E-state index contributed by atoms with van der Waals surface area (Å²) in [6, 6.07) is 8.39. The molecule has 0 aliphatic rings. The number of anilines is 1. The van der Waals surface area contributed by atoms with Crippen LogP contribution in [0.2, 0.25) is 5.02 Å². The number of aromatic nitrogens is 1. The van der Waals surface area contributed by atoms with Crippen LogP contribution >= 0.6 is 11.6 Å². The minimum absolute atomic E-state index is 0.112. The third-order valence-corrected chi connectivity index (χ3v) is 2.71. The molecule has 0 aliphatic heterocycles. The summed E-state index contributed by atoms with van der Waals surface area (Å²) in [7, 11) is 0. The zero-order valence-corrected chi connectivity index (χ0v) is 11.5. The molecule has 21 heavy (non-hydrogen) atoms. The molecule has 0 unspecified atom stereocenters. The standard InChI is InChI=1S/C14H11ClFN3O2/c15-9-4-5-17-12(6-9)14(21)18-8-13(20)19-11-3-1-2-10(16)7-11/h1-7H,8H2,(H,18,21)(H,19,20). The predicted octanol–water partition coefficient (Wildman–Crippen LogP) is 2.24. The van der Waals surface area contributed by atoms with Crippen LogP contribution in [0, 0.1) is 5.82 Å². The van der Waals surface area contributed by atoms with Gasteiger partial charge in [-0.05, 0) is 30.3 Å². The number of halogens is 2. The Bertz CT molecular complexity index is 679. The SMILES string of the molecule is O=C(CNC(=O)c1cc(Cl)ccn1)Nc1cccc(F)c1. The van der Waals surface area contributed by atoms with Crippen molar-refractivity contribution in [3.8, 4) is 0 Å². The van der Waals surface area contributed by atoms with E-state index in [1.165, 1.54) is 36.5 Å². The number of nitrogens with one attached hydrogen (secondary N) is 2. The maximum absolute atomic E-state index is 12.9. The molecule has 108 valence electrons. The molecular weight excluding hydrogens is 297 g/mol. The number of carbonyl (C=O) groups is 2. The number of benzene rings is 1. The highest BCUT2D eigenvalue weighted by molar-refractivity contribution is 6.30. The number of rotatable bonds is 4. The lowest BCUT2D eigenvalue weighted by molar-refractivity contribution is -0.115. The van der Waals surface area contributed by atoms with Gasteiger partial charge in [-0.1, -0.05) is 17.7 Å². The fourth-order valence-corrected chi connectivity index (χ4v) is 1.71. The average Bonchev–Trinajstić information content (AvgIpc) is 2.45. The van der Waals surface area contributed by atoms with Crippen molar-refractivity contribution in [1.29, 1.82) is 0 Å². The molecule has 2 amide bonds. The van der Waals surface area contributed by atoms with Crippen LogP contribution < -0.4 is 10.6 Å². The van der Waals surface area contributed by atoms with E-state index in [2.05, 4.69) is 15.6 Å².